The minimum atomic E-state index is -0.0690. The summed E-state index contributed by atoms with van der Waals surface area (Å²) in [5, 5.41) is 3.27. The van der Waals surface area contributed by atoms with Crippen LogP contribution in [0.1, 0.15) is 77.2 Å². The topological polar surface area (TPSA) is 50.8 Å². The fourth-order valence-corrected chi connectivity index (χ4v) is 7.89. The molecule has 35 heavy (non-hydrogen) atoms. The molecular formula is C29H38N2O3S. The molecule has 1 saturated carbocycles. The number of para-hydroxylation sites is 1. The van der Waals surface area contributed by atoms with Crippen molar-refractivity contribution in [3.05, 3.63) is 50.7 Å². The molecule has 4 aliphatic rings. The van der Waals surface area contributed by atoms with Gasteiger partial charge in [-0.2, -0.15) is 0 Å². The van der Waals surface area contributed by atoms with Crippen LogP contribution in [0.3, 0.4) is 0 Å². The summed E-state index contributed by atoms with van der Waals surface area (Å²) in [6.45, 7) is 8.43. The first-order valence-electron chi connectivity index (χ1n) is 13.6. The maximum atomic E-state index is 12.9. The number of benzene rings is 1. The number of thiophene rings is 1. The Morgan fingerprint density at radius 3 is 2.97 bits per heavy atom. The van der Waals surface area contributed by atoms with E-state index in [9.17, 15) is 4.79 Å². The number of hydrogen-bond donors (Lipinski definition) is 1. The van der Waals surface area contributed by atoms with Crippen LogP contribution < -0.4 is 10.1 Å². The zero-order valence-corrected chi connectivity index (χ0v) is 21.9. The van der Waals surface area contributed by atoms with E-state index in [0.717, 1.165) is 82.4 Å². The maximum Gasteiger partial charge on any atom is 0.255 e. The molecule has 2 aromatic rings. The molecule has 6 rings (SSSR count). The van der Waals surface area contributed by atoms with Crippen LogP contribution in [0.25, 0.3) is 0 Å². The summed E-state index contributed by atoms with van der Waals surface area (Å²) in [4.78, 5) is 18.7. The molecular weight excluding hydrogens is 456 g/mol. The van der Waals surface area contributed by atoms with Gasteiger partial charge < -0.3 is 19.7 Å². The van der Waals surface area contributed by atoms with Crippen LogP contribution >= 0.6 is 11.3 Å². The third-order valence-electron chi connectivity index (χ3n) is 8.70. The lowest BCUT2D eigenvalue weighted by Crippen LogP contribution is -2.54. The monoisotopic (exact) mass is 494 g/mol. The Labute approximate surface area is 213 Å². The van der Waals surface area contributed by atoms with E-state index >= 15 is 0 Å². The van der Waals surface area contributed by atoms with Gasteiger partial charge in [-0.05, 0) is 81.0 Å². The molecule has 1 aliphatic carbocycles. The van der Waals surface area contributed by atoms with E-state index < -0.39 is 0 Å². The SMILES string of the molecule is CCc1cc2c(s1)CCO[C@@]21CCN(CC2CC(NC(=O)c3cccc4c3OCCC4)C2)[C@@H](C)C1. The molecule has 0 unspecified atom stereocenters. The molecule has 1 spiro atoms. The molecule has 2 fully saturated rings. The van der Waals surface area contributed by atoms with Gasteiger partial charge in [0, 0.05) is 41.3 Å². The molecule has 1 amide bonds. The fraction of sp³-hybridized carbons (Fsp3) is 0.621. The number of likely N-dealkylation sites (tertiary alicyclic amines) is 1. The van der Waals surface area contributed by atoms with Crippen LogP contribution in [0.2, 0.25) is 0 Å². The van der Waals surface area contributed by atoms with Crippen molar-refractivity contribution in [2.45, 2.75) is 82.9 Å². The summed E-state index contributed by atoms with van der Waals surface area (Å²) in [6.07, 6.45) is 8.54. The van der Waals surface area contributed by atoms with Gasteiger partial charge in [0.2, 0.25) is 0 Å². The second kappa shape index (κ2) is 9.53. The molecule has 4 heterocycles. The Kier molecular flexibility index (Phi) is 6.40. The molecule has 188 valence electrons. The normalized spacial score (nSPS) is 30.2. The summed E-state index contributed by atoms with van der Waals surface area (Å²) in [6, 6.07) is 9.19. The number of amides is 1. The van der Waals surface area contributed by atoms with Crippen molar-refractivity contribution in [2.75, 3.05) is 26.3 Å². The Morgan fingerprint density at radius 2 is 2.14 bits per heavy atom. The van der Waals surface area contributed by atoms with Crippen molar-refractivity contribution in [1.82, 2.24) is 10.2 Å². The highest BCUT2D eigenvalue weighted by Gasteiger charge is 2.45. The first-order valence-corrected chi connectivity index (χ1v) is 14.4. The number of piperidine rings is 1. The van der Waals surface area contributed by atoms with Crippen LogP contribution in [-0.2, 0) is 29.6 Å². The van der Waals surface area contributed by atoms with Gasteiger partial charge in [-0.15, -0.1) is 11.3 Å². The van der Waals surface area contributed by atoms with E-state index in [1.54, 1.807) is 4.88 Å². The van der Waals surface area contributed by atoms with E-state index in [-0.39, 0.29) is 17.6 Å². The first-order chi connectivity index (χ1) is 17.0. The molecule has 1 aromatic carbocycles. The van der Waals surface area contributed by atoms with Crippen molar-refractivity contribution >= 4 is 17.2 Å². The lowest BCUT2D eigenvalue weighted by atomic mass is 9.76. The summed E-state index contributed by atoms with van der Waals surface area (Å²) in [5.41, 5.74) is 3.29. The number of nitrogens with zero attached hydrogens (tertiary/aromatic N) is 1. The van der Waals surface area contributed by atoms with Gasteiger partial charge in [-0.1, -0.05) is 19.1 Å². The van der Waals surface area contributed by atoms with Crippen LogP contribution in [0.4, 0.5) is 0 Å². The highest BCUT2D eigenvalue weighted by Crippen LogP contribution is 2.46. The fourth-order valence-electron chi connectivity index (χ4n) is 6.71. The van der Waals surface area contributed by atoms with E-state index in [4.69, 9.17) is 9.47 Å². The minimum Gasteiger partial charge on any atom is -0.492 e. The molecule has 5 nitrogen and oxygen atoms in total. The number of carbonyl (C=O) groups excluding carboxylic acids is 1. The number of carbonyl (C=O) groups is 1. The lowest BCUT2D eigenvalue weighted by Gasteiger charge is -2.49. The van der Waals surface area contributed by atoms with Crippen LogP contribution in [0.15, 0.2) is 24.3 Å². The number of rotatable bonds is 5. The Morgan fingerprint density at radius 1 is 1.26 bits per heavy atom. The average molecular weight is 495 g/mol. The van der Waals surface area contributed by atoms with E-state index in [1.807, 2.05) is 23.5 Å². The van der Waals surface area contributed by atoms with Crippen molar-refractivity contribution in [3.8, 4) is 5.75 Å². The van der Waals surface area contributed by atoms with Gasteiger partial charge in [0.15, 0.2) is 0 Å². The number of aryl methyl sites for hydroxylation is 2. The van der Waals surface area contributed by atoms with Gasteiger partial charge in [0.05, 0.1) is 24.4 Å². The van der Waals surface area contributed by atoms with Gasteiger partial charge >= 0.3 is 0 Å². The Balaban J connectivity index is 1.02. The molecule has 0 radical (unpaired) electrons. The van der Waals surface area contributed by atoms with E-state index in [1.165, 1.54) is 10.4 Å². The molecule has 0 bridgehead atoms. The third-order valence-corrected chi connectivity index (χ3v) is 10.0. The molecule has 2 atom stereocenters. The highest BCUT2D eigenvalue weighted by atomic mass is 32.1. The predicted octanol–water partition coefficient (Wildman–Crippen LogP) is 5.10. The van der Waals surface area contributed by atoms with Gasteiger partial charge in [0.25, 0.3) is 5.91 Å². The first kappa shape index (κ1) is 23.5. The smallest absolute Gasteiger partial charge is 0.255 e. The number of nitrogens with one attached hydrogen (secondary N) is 1. The van der Waals surface area contributed by atoms with Crippen molar-refractivity contribution in [3.63, 3.8) is 0 Å². The number of ether oxygens (including phenoxy) is 2. The van der Waals surface area contributed by atoms with Crippen LogP contribution in [0.5, 0.6) is 5.75 Å². The number of hydrogen-bond acceptors (Lipinski definition) is 5. The second-order valence-electron chi connectivity index (χ2n) is 11.0. The number of fused-ring (bicyclic) bond motifs is 3. The molecule has 1 aromatic heterocycles. The van der Waals surface area contributed by atoms with Crippen molar-refractivity contribution in [1.29, 1.82) is 0 Å². The van der Waals surface area contributed by atoms with Gasteiger partial charge in [0.1, 0.15) is 5.75 Å². The standard InChI is InChI=1S/C29H38N2O3S/c1-3-23-16-25-26(35-23)9-13-34-29(25)10-11-31(19(2)17-29)18-20-14-22(15-20)30-28(32)24-8-4-6-21-7-5-12-33-27(21)24/h4,6,8,16,19-20,22H,3,5,7,9-15,17-18H2,1-2H3,(H,30,32)/t19-,20?,22?,29+/m0/s1. The predicted molar refractivity (Wildman–Crippen MR) is 140 cm³/mol. The largest absolute Gasteiger partial charge is 0.492 e. The second-order valence-corrected chi connectivity index (χ2v) is 12.3. The molecule has 6 heteroatoms. The molecule has 1 saturated heterocycles. The maximum absolute atomic E-state index is 12.9. The summed E-state index contributed by atoms with van der Waals surface area (Å²) in [5.74, 6) is 1.48. The quantitative estimate of drug-likeness (QED) is 0.629. The van der Waals surface area contributed by atoms with E-state index in [0.29, 0.717) is 24.1 Å². The highest BCUT2D eigenvalue weighted by molar-refractivity contribution is 7.12. The lowest BCUT2D eigenvalue weighted by molar-refractivity contribution is -0.114. The van der Waals surface area contributed by atoms with Crippen LogP contribution in [0, 0.1) is 5.92 Å². The summed E-state index contributed by atoms with van der Waals surface area (Å²) in [7, 11) is 0. The third kappa shape index (κ3) is 4.42. The minimum absolute atomic E-state index is 0.0212. The molecule has 3 aliphatic heterocycles. The average Bonchev–Trinajstić information content (AvgIpc) is 3.29. The zero-order chi connectivity index (χ0) is 24.0. The van der Waals surface area contributed by atoms with Crippen molar-refractivity contribution < 1.29 is 14.3 Å². The molecule has 1 N–H and O–H groups in total. The van der Waals surface area contributed by atoms with Gasteiger partial charge in [-0.3, -0.25) is 4.79 Å². The van der Waals surface area contributed by atoms with E-state index in [2.05, 4.69) is 36.2 Å². The Bertz CT molecular complexity index is 1090. The summed E-state index contributed by atoms with van der Waals surface area (Å²) < 4.78 is 12.4. The Hall–Kier alpha value is -1.89. The van der Waals surface area contributed by atoms with Crippen LogP contribution in [-0.4, -0.2) is 49.2 Å². The van der Waals surface area contributed by atoms with Crippen molar-refractivity contribution in [2.24, 2.45) is 5.92 Å². The van der Waals surface area contributed by atoms with Gasteiger partial charge in [-0.25, -0.2) is 0 Å². The summed E-state index contributed by atoms with van der Waals surface area (Å²) >= 11 is 2.00. The zero-order valence-electron chi connectivity index (χ0n) is 21.1.